The molecule has 0 saturated heterocycles. The summed E-state index contributed by atoms with van der Waals surface area (Å²) in [7, 11) is 2.52. The Bertz CT molecular complexity index is 462. The highest BCUT2D eigenvalue weighted by molar-refractivity contribution is 9.10. The van der Waals surface area contributed by atoms with Crippen LogP contribution in [-0.2, 0) is 18.0 Å². The van der Waals surface area contributed by atoms with Crippen LogP contribution in [0.2, 0.25) is 6.04 Å². The molecule has 0 bridgehead atoms. The second kappa shape index (κ2) is 10.0. The van der Waals surface area contributed by atoms with Gasteiger partial charge in [-0.1, -0.05) is 28.1 Å². The Labute approximate surface area is 155 Å². The van der Waals surface area contributed by atoms with E-state index in [2.05, 4.69) is 40.2 Å². The molecule has 0 spiro atoms. The van der Waals surface area contributed by atoms with Crippen LogP contribution in [0, 0.1) is 0 Å². The summed E-state index contributed by atoms with van der Waals surface area (Å²) in [5.74, 6) is 0.675. The number of hydrogen-bond acceptors (Lipinski definition) is 4. The fraction of sp³-hybridized carbons (Fsp3) is 0.667. The van der Waals surface area contributed by atoms with Crippen molar-refractivity contribution in [3.05, 3.63) is 34.3 Å². The van der Waals surface area contributed by atoms with E-state index in [1.165, 1.54) is 18.4 Å². The fourth-order valence-electron chi connectivity index (χ4n) is 3.39. The summed E-state index contributed by atoms with van der Waals surface area (Å²) in [5, 5.41) is 0. The van der Waals surface area contributed by atoms with Crippen molar-refractivity contribution in [2.45, 2.75) is 50.2 Å². The van der Waals surface area contributed by atoms with Crippen LogP contribution in [0.15, 0.2) is 28.7 Å². The second-order valence-electron chi connectivity index (χ2n) is 6.29. The molecule has 4 nitrogen and oxygen atoms in total. The highest BCUT2D eigenvalue weighted by Crippen LogP contribution is 2.34. The highest BCUT2D eigenvalue weighted by atomic mass is 79.9. The van der Waals surface area contributed by atoms with Crippen LogP contribution in [-0.4, -0.2) is 42.8 Å². The largest absolute Gasteiger partial charge is 0.500 e. The summed E-state index contributed by atoms with van der Waals surface area (Å²) < 4.78 is 23.5. The molecule has 0 unspecified atom stereocenters. The van der Waals surface area contributed by atoms with Gasteiger partial charge in [0.25, 0.3) is 0 Å². The summed E-state index contributed by atoms with van der Waals surface area (Å²) in [6.45, 7) is 0.748. The van der Waals surface area contributed by atoms with Crippen molar-refractivity contribution in [2.24, 2.45) is 0 Å². The number of rotatable bonds is 9. The van der Waals surface area contributed by atoms with Gasteiger partial charge in [0.15, 0.2) is 0 Å². The molecule has 2 rings (SSSR count). The van der Waals surface area contributed by atoms with Gasteiger partial charge in [-0.05, 0) is 55.7 Å². The molecule has 1 aliphatic rings. The average Bonchev–Trinajstić information content (AvgIpc) is 2.64. The van der Waals surface area contributed by atoms with Crippen LogP contribution in [0.4, 0.5) is 0 Å². The predicted octanol–water partition coefficient (Wildman–Crippen LogP) is 4.76. The van der Waals surface area contributed by atoms with E-state index in [0.717, 1.165) is 36.4 Å². The van der Waals surface area contributed by atoms with E-state index in [1.54, 1.807) is 21.3 Å². The Morgan fingerprint density at radius 3 is 2.08 bits per heavy atom. The van der Waals surface area contributed by atoms with Crippen molar-refractivity contribution in [1.82, 2.24) is 0 Å². The molecule has 0 aromatic heterocycles. The summed E-state index contributed by atoms with van der Waals surface area (Å²) >= 11 is 3.50. The van der Waals surface area contributed by atoms with Gasteiger partial charge in [-0.2, -0.15) is 0 Å². The summed E-state index contributed by atoms with van der Waals surface area (Å²) in [4.78, 5) is 0. The van der Waals surface area contributed by atoms with E-state index in [1.807, 2.05) is 0 Å². The minimum atomic E-state index is -2.45. The number of benzene rings is 1. The van der Waals surface area contributed by atoms with Crippen LogP contribution >= 0.6 is 15.9 Å². The first-order valence-corrected chi connectivity index (χ1v) is 11.4. The lowest BCUT2D eigenvalue weighted by molar-refractivity contribution is 0.0225. The maximum Gasteiger partial charge on any atom is 0.500 e. The quantitative estimate of drug-likeness (QED) is 0.429. The standard InChI is InChI=1S/C18H29BrO4Si/c1-20-24(21-2,22-3)14-4-13-23-18-11-7-16(8-12-18)15-5-9-17(19)10-6-15/h5-6,9-10,16,18H,4,7-8,11-14H2,1-3H3/t16-,18-. The number of ether oxygens (including phenoxy) is 1. The van der Waals surface area contributed by atoms with Crippen molar-refractivity contribution >= 4 is 24.7 Å². The predicted molar refractivity (Wildman–Crippen MR) is 101 cm³/mol. The van der Waals surface area contributed by atoms with Crippen LogP contribution in [0.5, 0.6) is 0 Å². The first-order chi connectivity index (χ1) is 11.6. The van der Waals surface area contributed by atoms with E-state index in [4.69, 9.17) is 18.0 Å². The highest BCUT2D eigenvalue weighted by Gasteiger charge is 2.37. The van der Waals surface area contributed by atoms with Gasteiger partial charge in [-0.25, -0.2) is 0 Å². The second-order valence-corrected chi connectivity index (χ2v) is 10.3. The molecule has 0 N–H and O–H groups in total. The van der Waals surface area contributed by atoms with Gasteiger partial charge in [0, 0.05) is 38.5 Å². The van der Waals surface area contributed by atoms with E-state index >= 15 is 0 Å². The molecule has 136 valence electrons. The zero-order chi connectivity index (χ0) is 17.4. The minimum Gasteiger partial charge on any atom is -0.378 e. The monoisotopic (exact) mass is 416 g/mol. The SMILES string of the molecule is CO[Si](CCCO[C@H]1CC[C@H](c2ccc(Br)cc2)CC1)(OC)OC. The van der Waals surface area contributed by atoms with E-state index in [0.29, 0.717) is 12.0 Å². The van der Waals surface area contributed by atoms with Crippen molar-refractivity contribution < 1.29 is 18.0 Å². The first-order valence-electron chi connectivity index (χ1n) is 8.65. The van der Waals surface area contributed by atoms with Crippen LogP contribution in [0.25, 0.3) is 0 Å². The molecule has 0 amide bonds. The van der Waals surface area contributed by atoms with Crippen LogP contribution in [0.3, 0.4) is 0 Å². The van der Waals surface area contributed by atoms with Gasteiger partial charge in [0.05, 0.1) is 6.10 Å². The Morgan fingerprint density at radius 2 is 1.54 bits per heavy atom. The van der Waals surface area contributed by atoms with E-state index in [-0.39, 0.29) is 0 Å². The van der Waals surface area contributed by atoms with Crippen molar-refractivity contribution in [3.63, 3.8) is 0 Å². The van der Waals surface area contributed by atoms with Crippen molar-refractivity contribution in [2.75, 3.05) is 27.9 Å². The zero-order valence-corrected chi connectivity index (χ0v) is 17.5. The topological polar surface area (TPSA) is 36.9 Å². The number of hydrogen-bond donors (Lipinski definition) is 0. The summed E-state index contributed by atoms with van der Waals surface area (Å²) in [5.41, 5.74) is 1.45. The molecule has 1 fully saturated rings. The molecular formula is C18H29BrO4Si. The third-order valence-corrected chi connectivity index (χ3v) is 8.29. The minimum absolute atomic E-state index is 0.389. The fourth-order valence-corrected chi connectivity index (χ4v) is 5.35. The maximum absolute atomic E-state index is 6.06. The Kier molecular flexibility index (Phi) is 8.40. The molecule has 0 aliphatic heterocycles. The molecule has 1 saturated carbocycles. The van der Waals surface area contributed by atoms with Crippen molar-refractivity contribution in [1.29, 1.82) is 0 Å². The lowest BCUT2D eigenvalue weighted by atomic mass is 9.83. The summed E-state index contributed by atoms with van der Waals surface area (Å²) in [6.07, 6.45) is 6.00. The molecule has 1 aromatic carbocycles. The smallest absolute Gasteiger partial charge is 0.378 e. The third kappa shape index (κ3) is 5.64. The molecule has 0 atom stereocenters. The maximum atomic E-state index is 6.06. The molecule has 6 heteroatoms. The molecule has 0 radical (unpaired) electrons. The molecule has 24 heavy (non-hydrogen) atoms. The van der Waals surface area contributed by atoms with Crippen LogP contribution in [0.1, 0.15) is 43.6 Å². The number of halogens is 1. The van der Waals surface area contributed by atoms with Crippen molar-refractivity contribution in [3.8, 4) is 0 Å². The Hall–Kier alpha value is -0.243. The van der Waals surface area contributed by atoms with Gasteiger partial charge in [-0.15, -0.1) is 0 Å². The van der Waals surface area contributed by atoms with Gasteiger partial charge in [0.1, 0.15) is 0 Å². The Morgan fingerprint density at radius 1 is 0.958 bits per heavy atom. The molecular weight excluding hydrogens is 388 g/mol. The van der Waals surface area contributed by atoms with E-state index < -0.39 is 8.80 Å². The zero-order valence-electron chi connectivity index (χ0n) is 14.9. The summed E-state index contributed by atoms with van der Waals surface area (Å²) in [6, 6.07) is 9.54. The third-order valence-electron chi connectivity index (χ3n) is 4.93. The first kappa shape index (κ1) is 20.1. The van der Waals surface area contributed by atoms with Gasteiger partial charge in [-0.3, -0.25) is 0 Å². The molecule has 0 heterocycles. The lowest BCUT2D eigenvalue weighted by Crippen LogP contribution is -2.42. The Balaban J connectivity index is 1.67. The van der Waals surface area contributed by atoms with Gasteiger partial charge < -0.3 is 18.0 Å². The van der Waals surface area contributed by atoms with Gasteiger partial charge in [0.2, 0.25) is 0 Å². The van der Waals surface area contributed by atoms with Gasteiger partial charge >= 0.3 is 8.80 Å². The normalized spacial score (nSPS) is 21.8. The van der Waals surface area contributed by atoms with E-state index in [9.17, 15) is 0 Å². The lowest BCUT2D eigenvalue weighted by Gasteiger charge is -2.29. The molecule has 1 aromatic rings. The average molecular weight is 417 g/mol. The molecule has 1 aliphatic carbocycles. The van der Waals surface area contributed by atoms with Crippen LogP contribution < -0.4 is 0 Å².